The molecule has 0 unspecified atom stereocenters. The fourth-order valence-electron chi connectivity index (χ4n) is 2.32. The van der Waals surface area contributed by atoms with Gasteiger partial charge >= 0.3 is 0 Å². The molecule has 2 aromatic carbocycles. The molecule has 22 heavy (non-hydrogen) atoms. The number of pyridine rings is 1. The van der Waals surface area contributed by atoms with E-state index in [0.717, 1.165) is 0 Å². The summed E-state index contributed by atoms with van der Waals surface area (Å²) in [6, 6.07) is 14.2. The van der Waals surface area contributed by atoms with Gasteiger partial charge in [0.25, 0.3) is 0 Å². The van der Waals surface area contributed by atoms with Crippen LogP contribution in [0.25, 0.3) is 10.9 Å². The van der Waals surface area contributed by atoms with Crippen LogP contribution in [0.15, 0.2) is 65.6 Å². The molecule has 0 aliphatic heterocycles. The van der Waals surface area contributed by atoms with Crippen LogP contribution in [0.4, 0.5) is 10.1 Å². The first-order valence-corrected chi connectivity index (χ1v) is 6.77. The van der Waals surface area contributed by atoms with Gasteiger partial charge in [0.05, 0.1) is 5.52 Å². The minimum atomic E-state index is -0.411. The highest BCUT2D eigenvalue weighted by Gasteiger charge is 2.07. The molecular weight excluding hydrogens is 283 g/mol. The smallest absolute Gasteiger partial charge is 0.244 e. The number of aromatic nitrogens is 1. The van der Waals surface area contributed by atoms with Gasteiger partial charge in [-0.1, -0.05) is 18.2 Å². The summed E-state index contributed by atoms with van der Waals surface area (Å²) in [5.41, 5.74) is 0.997. The zero-order valence-electron chi connectivity index (χ0n) is 11.6. The van der Waals surface area contributed by atoms with E-state index in [-0.39, 0.29) is 17.9 Å². The second-order valence-electron chi connectivity index (χ2n) is 4.88. The van der Waals surface area contributed by atoms with Gasteiger partial charge in [0.15, 0.2) is 5.43 Å². The van der Waals surface area contributed by atoms with E-state index in [1.165, 1.54) is 24.3 Å². The molecule has 0 atom stereocenters. The fourth-order valence-corrected chi connectivity index (χ4v) is 2.32. The molecule has 0 bridgehead atoms. The molecule has 0 spiro atoms. The van der Waals surface area contributed by atoms with Crippen LogP contribution in [0.1, 0.15) is 0 Å². The molecule has 110 valence electrons. The molecule has 0 aliphatic carbocycles. The summed E-state index contributed by atoms with van der Waals surface area (Å²) in [5, 5.41) is 3.19. The second kappa shape index (κ2) is 5.81. The maximum Gasteiger partial charge on any atom is 0.244 e. The number of hydrogen-bond donors (Lipinski definition) is 1. The standard InChI is InChI=1S/C17H13FN2O2/c18-12-4-3-5-13(10-12)19-17(22)11-20-9-8-16(21)14-6-1-2-7-15(14)20/h1-10H,11H2,(H,19,22). The summed E-state index contributed by atoms with van der Waals surface area (Å²) in [4.78, 5) is 23.9. The predicted molar refractivity (Wildman–Crippen MR) is 83.2 cm³/mol. The first kappa shape index (κ1) is 14.0. The Labute approximate surface area is 125 Å². The van der Waals surface area contributed by atoms with E-state index in [2.05, 4.69) is 5.32 Å². The van der Waals surface area contributed by atoms with Crippen LogP contribution in [0, 0.1) is 5.82 Å². The quantitative estimate of drug-likeness (QED) is 0.808. The number of nitrogens with zero attached hydrogens (tertiary/aromatic N) is 1. The van der Waals surface area contributed by atoms with Gasteiger partial charge in [-0.15, -0.1) is 0 Å². The van der Waals surface area contributed by atoms with Crippen LogP contribution in [0.3, 0.4) is 0 Å². The Morgan fingerprint density at radius 2 is 1.91 bits per heavy atom. The molecule has 1 heterocycles. The third-order valence-corrected chi connectivity index (χ3v) is 3.31. The maximum absolute atomic E-state index is 13.1. The molecule has 1 aromatic heterocycles. The Balaban J connectivity index is 1.86. The molecule has 4 nitrogen and oxygen atoms in total. The maximum atomic E-state index is 13.1. The number of amides is 1. The van der Waals surface area contributed by atoms with Crippen LogP contribution in [0.2, 0.25) is 0 Å². The topological polar surface area (TPSA) is 51.1 Å². The van der Waals surface area contributed by atoms with E-state index < -0.39 is 5.82 Å². The minimum Gasteiger partial charge on any atom is -0.338 e. The summed E-state index contributed by atoms with van der Waals surface area (Å²) < 4.78 is 14.8. The van der Waals surface area contributed by atoms with Crippen LogP contribution in [-0.2, 0) is 11.3 Å². The number of nitrogens with one attached hydrogen (secondary N) is 1. The SMILES string of the molecule is O=C(Cn1ccc(=O)c2ccccc21)Nc1cccc(F)c1. The lowest BCUT2D eigenvalue weighted by molar-refractivity contribution is -0.116. The number of rotatable bonds is 3. The third-order valence-electron chi connectivity index (χ3n) is 3.31. The number of para-hydroxylation sites is 1. The van der Waals surface area contributed by atoms with Gasteiger partial charge in [-0.2, -0.15) is 0 Å². The first-order chi connectivity index (χ1) is 10.6. The van der Waals surface area contributed by atoms with Crippen LogP contribution in [0.5, 0.6) is 0 Å². The highest BCUT2D eigenvalue weighted by Crippen LogP contribution is 2.11. The number of anilines is 1. The number of carbonyl (C=O) groups is 1. The van der Waals surface area contributed by atoms with Crippen molar-refractivity contribution in [1.29, 1.82) is 0 Å². The molecule has 3 aromatic rings. The van der Waals surface area contributed by atoms with E-state index in [1.54, 1.807) is 35.0 Å². The van der Waals surface area contributed by atoms with Crippen molar-refractivity contribution in [2.24, 2.45) is 0 Å². The van der Waals surface area contributed by atoms with Crippen molar-refractivity contribution in [3.63, 3.8) is 0 Å². The average Bonchev–Trinajstić information content (AvgIpc) is 2.50. The molecule has 0 aliphatic rings. The van der Waals surface area contributed by atoms with E-state index in [0.29, 0.717) is 16.6 Å². The summed E-state index contributed by atoms with van der Waals surface area (Å²) in [5.74, 6) is -0.703. The highest BCUT2D eigenvalue weighted by atomic mass is 19.1. The minimum absolute atomic E-state index is 0.0390. The number of halogens is 1. The van der Waals surface area contributed by atoms with Gasteiger partial charge in [-0.3, -0.25) is 9.59 Å². The Kier molecular flexibility index (Phi) is 3.70. The van der Waals surface area contributed by atoms with Crippen LogP contribution >= 0.6 is 0 Å². The van der Waals surface area contributed by atoms with Crippen LogP contribution < -0.4 is 10.7 Å². The van der Waals surface area contributed by atoms with Crippen molar-refractivity contribution >= 4 is 22.5 Å². The zero-order valence-corrected chi connectivity index (χ0v) is 11.6. The van der Waals surface area contributed by atoms with Crippen LogP contribution in [-0.4, -0.2) is 10.5 Å². The lowest BCUT2D eigenvalue weighted by atomic mass is 10.2. The predicted octanol–water partition coefficient (Wildman–Crippen LogP) is 2.78. The fraction of sp³-hybridized carbons (Fsp3) is 0.0588. The zero-order chi connectivity index (χ0) is 15.5. The van der Waals surface area contributed by atoms with Gasteiger partial charge in [-0.25, -0.2) is 4.39 Å². The van der Waals surface area contributed by atoms with Gasteiger partial charge in [0.1, 0.15) is 12.4 Å². The molecule has 1 amide bonds. The largest absolute Gasteiger partial charge is 0.338 e. The molecule has 0 saturated carbocycles. The summed E-state index contributed by atoms with van der Waals surface area (Å²) >= 11 is 0. The highest BCUT2D eigenvalue weighted by molar-refractivity contribution is 5.91. The number of benzene rings is 2. The first-order valence-electron chi connectivity index (χ1n) is 6.77. The monoisotopic (exact) mass is 296 g/mol. The van der Waals surface area contributed by atoms with Gasteiger partial charge < -0.3 is 9.88 Å². The van der Waals surface area contributed by atoms with Crippen molar-refractivity contribution in [1.82, 2.24) is 4.57 Å². The third kappa shape index (κ3) is 2.88. The van der Waals surface area contributed by atoms with E-state index >= 15 is 0 Å². The summed E-state index contributed by atoms with van der Waals surface area (Å²) in [6.07, 6.45) is 1.58. The van der Waals surface area contributed by atoms with E-state index in [4.69, 9.17) is 0 Å². The number of hydrogen-bond acceptors (Lipinski definition) is 2. The second-order valence-corrected chi connectivity index (χ2v) is 4.88. The molecule has 0 fully saturated rings. The molecule has 5 heteroatoms. The van der Waals surface area contributed by atoms with Crippen molar-refractivity contribution in [2.45, 2.75) is 6.54 Å². The van der Waals surface area contributed by atoms with Gasteiger partial charge in [0.2, 0.25) is 5.91 Å². The number of fused-ring (bicyclic) bond motifs is 1. The van der Waals surface area contributed by atoms with Gasteiger partial charge in [0, 0.05) is 23.3 Å². The lowest BCUT2D eigenvalue weighted by Gasteiger charge is -2.11. The molecule has 3 rings (SSSR count). The normalized spacial score (nSPS) is 10.6. The Hall–Kier alpha value is -2.95. The lowest BCUT2D eigenvalue weighted by Crippen LogP contribution is -2.20. The Morgan fingerprint density at radius 1 is 1.09 bits per heavy atom. The molecule has 0 radical (unpaired) electrons. The summed E-state index contributed by atoms with van der Waals surface area (Å²) in [7, 11) is 0. The summed E-state index contributed by atoms with van der Waals surface area (Å²) in [6.45, 7) is 0.0390. The van der Waals surface area contributed by atoms with Crippen molar-refractivity contribution in [2.75, 3.05) is 5.32 Å². The molecule has 0 saturated heterocycles. The molecule has 1 N–H and O–H groups in total. The molecular formula is C17H13FN2O2. The van der Waals surface area contributed by atoms with Crippen molar-refractivity contribution < 1.29 is 9.18 Å². The number of carbonyl (C=O) groups excluding carboxylic acids is 1. The average molecular weight is 296 g/mol. The Morgan fingerprint density at radius 3 is 2.73 bits per heavy atom. The van der Waals surface area contributed by atoms with E-state index in [9.17, 15) is 14.0 Å². The Bertz CT molecular complexity index is 902. The van der Waals surface area contributed by atoms with Crippen molar-refractivity contribution in [3.8, 4) is 0 Å². The van der Waals surface area contributed by atoms with Crippen molar-refractivity contribution in [3.05, 3.63) is 76.8 Å². The van der Waals surface area contributed by atoms with Gasteiger partial charge in [-0.05, 0) is 30.3 Å². The van der Waals surface area contributed by atoms with E-state index in [1.807, 2.05) is 6.07 Å².